The molecule has 0 saturated carbocycles. The summed E-state index contributed by atoms with van der Waals surface area (Å²) in [5, 5.41) is 10.7. The predicted octanol–water partition coefficient (Wildman–Crippen LogP) is 26.0. The Labute approximate surface area is 638 Å². The number of phosphoric acid groups is 2. The number of hydrogen-bond acceptors (Lipinski definition) is 15. The van der Waals surface area contributed by atoms with Crippen LogP contribution < -0.4 is 0 Å². The van der Waals surface area contributed by atoms with Crippen molar-refractivity contribution in [2.45, 2.75) is 477 Å². The second kappa shape index (κ2) is 77.8. The minimum Gasteiger partial charge on any atom is -0.462 e. The van der Waals surface area contributed by atoms with Gasteiger partial charge in [-0.15, -0.1) is 0 Å². The van der Waals surface area contributed by atoms with E-state index in [9.17, 15) is 43.2 Å². The number of unbranched alkanes of at least 4 members (excludes halogenated alkanes) is 56. The van der Waals surface area contributed by atoms with Crippen LogP contribution in [0, 0.1) is 5.92 Å². The summed E-state index contributed by atoms with van der Waals surface area (Å²) < 4.78 is 68.8. The molecule has 0 saturated heterocycles. The van der Waals surface area contributed by atoms with E-state index in [0.717, 1.165) is 95.8 Å². The molecule has 0 fully saturated rings. The zero-order valence-corrected chi connectivity index (χ0v) is 70.0. The molecule has 0 aliphatic carbocycles. The van der Waals surface area contributed by atoms with Crippen molar-refractivity contribution in [1.29, 1.82) is 0 Å². The van der Waals surface area contributed by atoms with Crippen LogP contribution in [0.3, 0.4) is 0 Å². The zero-order valence-electron chi connectivity index (χ0n) is 68.2. The molecule has 0 aromatic rings. The Bertz CT molecular complexity index is 1980. The molecule has 0 spiro atoms. The van der Waals surface area contributed by atoms with Gasteiger partial charge in [0.2, 0.25) is 0 Å². The third-order valence-corrected chi connectivity index (χ3v) is 22.3. The lowest BCUT2D eigenvalue weighted by atomic mass is 9.99. The van der Waals surface area contributed by atoms with E-state index >= 15 is 0 Å². The van der Waals surface area contributed by atoms with Crippen LogP contribution in [0.15, 0.2) is 0 Å². The molecule has 0 aromatic heterocycles. The maximum Gasteiger partial charge on any atom is 0.472 e. The fourth-order valence-electron chi connectivity index (χ4n) is 13.3. The van der Waals surface area contributed by atoms with Gasteiger partial charge in [0.25, 0.3) is 0 Å². The van der Waals surface area contributed by atoms with E-state index in [2.05, 4.69) is 34.6 Å². The van der Waals surface area contributed by atoms with E-state index in [1.165, 1.54) is 283 Å². The van der Waals surface area contributed by atoms with Crippen molar-refractivity contribution in [2.75, 3.05) is 39.6 Å². The van der Waals surface area contributed by atoms with Crippen LogP contribution in [0.2, 0.25) is 0 Å². The van der Waals surface area contributed by atoms with Crippen molar-refractivity contribution in [2.24, 2.45) is 5.92 Å². The van der Waals surface area contributed by atoms with Crippen LogP contribution in [0.5, 0.6) is 0 Å². The number of carbonyl (C=O) groups is 4. The van der Waals surface area contributed by atoms with E-state index in [-0.39, 0.29) is 25.7 Å². The molecule has 618 valence electrons. The summed E-state index contributed by atoms with van der Waals surface area (Å²) in [6.45, 7) is 7.42. The van der Waals surface area contributed by atoms with Crippen molar-refractivity contribution in [3.05, 3.63) is 0 Å². The average molecular weight is 1520 g/mol. The molecule has 0 rings (SSSR count). The van der Waals surface area contributed by atoms with Crippen molar-refractivity contribution in [1.82, 2.24) is 0 Å². The Kier molecular flexibility index (Phi) is 76.3. The Hall–Kier alpha value is -1.94. The van der Waals surface area contributed by atoms with Crippen molar-refractivity contribution in [3.63, 3.8) is 0 Å². The maximum atomic E-state index is 13.1. The molecule has 19 heteroatoms. The maximum absolute atomic E-state index is 13.1. The van der Waals surface area contributed by atoms with Crippen molar-refractivity contribution < 1.29 is 80.2 Å². The molecule has 0 aliphatic rings. The van der Waals surface area contributed by atoms with Crippen LogP contribution >= 0.6 is 15.6 Å². The summed E-state index contributed by atoms with van der Waals surface area (Å²) in [5.74, 6) is -1.23. The van der Waals surface area contributed by atoms with Gasteiger partial charge in [-0.2, -0.15) is 0 Å². The van der Waals surface area contributed by atoms with Gasteiger partial charge in [-0.3, -0.25) is 37.3 Å². The second-order valence-corrected chi connectivity index (χ2v) is 33.7. The fraction of sp³-hybridized carbons (Fsp3) is 0.953. The summed E-state index contributed by atoms with van der Waals surface area (Å²) >= 11 is 0. The number of hydrogen-bond donors (Lipinski definition) is 3. The number of ether oxygens (including phenoxy) is 4. The van der Waals surface area contributed by atoms with Crippen LogP contribution in [0.25, 0.3) is 0 Å². The standard InChI is InChI=1S/C85H166O17P2/c1-6-10-13-16-19-22-25-27-28-29-30-34-37-41-44-49-54-59-64-69-83(88)96-75-81(102-85(90)71-66-61-56-51-46-42-38-35-32-31-33-36-40-43-47-52-57-62-67-78(5)9-4)77-100-104(93,94)98-73-79(86)72-97-103(91,92)99-76-80(74-95-82(87)68-63-58-53-48-24-21-18-15-12-8-3)101-84(89)70-65-60-55-50-45-39-26-23-20-17-14-11-7-2/h78-81,86H,6-77H2,1-5H3,(H,91,92)(H,93,94)/t78?,79-,80+,81+/m0/s1. The number of phosphoric ester groups is 2. The van der Waals surface area contributed by atoms with Crippen LogP contribution in [0.4, 0.5) is 0 Å². The third kappa shape index (κ3) is 76.8. The molecule has 0 radical (unpaired) electrons. The smallest absolute Gasteiger partial charge is 0.462 e. The first kappa shape index (κ1) is 102. The highest BCUT2D eigenvalue weighted by atomic mass is 31.2. The van der Waals surface area contributed by atoms with Gasteiger partial charge in [0, 0.05) is 25.7 Å². The second-order valence-electron chi connectivity index (χ2n) is 30.8. The highest BCUT2D eigenvalue weighted by Crippen LogP contribution is 2.45. The molecule has 3 N–H and O–H groups in total. The van der Waals surface area contributed by atoms with Gasteiger partial charge in [-0.25, -0.2) is 9.13 Å². The molecule has 0 aliphatic heterocycles. The predicted molar refractivity (Wildman–Crippen MR) is 428 cm³/mol. The van der Waals surface area contributed by atoms with E-state index in [1.807, 2.05) is 0 Å². The highest BCUT2D eigenvalue weighted by molar-refractivity contribution is 7.47. The van der Waals surface area contributed by atoms with E-state index < -0.39 is 97.5 Å². The Balaban J connectivity index is 5.21. The highest BCUT2D eigenvalue weighted by Gasteiger charge is 2.30. The third-order valence-electron chi connectivity index (χ3n) is 20.4. The summed E-state index contributed by atoms with van der Waals surface area (Å²) in [6.07, 6.45) is 70.8. The summed E-state index contributed by atoms with van der Waals surface area (Å²) in [6, 6.07) is 0. The Morgan fingerprint density at radius 1 is 0.269 bits per heavy atom. The molecule has 0 amide bonds. The van der Waals surface area contributed by atoms with Gasteiger partial charge in [0.05, 0.1) is 26.4 Å². The fourth-order valence-corrected chi connectivity index (χ4v) is 14.8. The molecule has 6 atom stereocenters. The van der Waals surface area contributed by atoms with E-state index in [0.29, 0.717) is 25.7 Å². The molecule has 17 nitrogen and oxygen atoms in total. The Morgan fingerprint density at radius 2 is 0.462 bits per heavy atom. The molecular weight excluding hydrogens is 1350 g/mol. The molecule has 3 unspecified atom stereocenters. The zero-order chi connectivity index (χ0) is 76.2. The molecule has 0 heterocycles. The van der Waals surface area contributed by atoms with Crippen molar-refractivity contribution in [3.8, 4) is 0 Å². The lowest BCUT2D eigenvalue weighted by Crippen LogP contribution is -2.30. The monoisotopic (exact) mass is 1520 g/mol. The summed E-state index contributed by atoms with van der Waals surface area (Å²) in [5.41, 5.74) is 0. The largest absolute Gasteiger partial charge is 0.472 e. The minimum absolute atomic E-state index is 0.108. The SMILES string of the molecule is CCCCCCCCCCCCCCCCCCCCCC(=O)OC[C@H](COP(=O)(O)OC[C@@H](O)COP(=O)(O)OC[C@@H](COC(=O)CCCCCCCCCCCC)OC(=O)CCCCCCCCCCCCCCC)OC(=O)CCCCCCCCCCCCCCCCCCCCC(C)CC. The molecule has 0 aromatic carbocycles. The van der Waals surface area contributed by atoms with Crippen LogP contribution in [-0.4, -0.2) is 96.7 Å². The first-order valence-electron chi connectivity index (χ1n) is 44.2. The van der Waals surface area contributed by atoms with Crippen LogP contribution in [0.1, 0.15) is 458 Å². The lowest BCUT2D eigenvalue weighted by Gasteiger charge is -2.21. The molecule has 0 bridgehead atoms. The number of carbonyl (C=O) groups excluding carboxylic acids is 4. The van der Waals surface area contributed by atoms with Gasteiger partial charge in [0.1, 0.15) is 19.3 Å². The van der Waals surface area contributed by atoms with Gasteiger partial charge < -0.3 is 33.8 Å². The normalized spacial score (nSPS) is 14.0. The average Bonchev–Trinajstić information content (AvgIpc) is 0.911. The first-order chi connectivity index (χ1) is 50.6. The molecular formula is C85H166O17P2. The minimum atomic E-state index is -4.96. The number of esters is 4. The number of aliphatic hydroxyl groups is 1. The first-order valence-corrected chi connectivity index (χ1v) is 47.2. The number of aliphatic hydroxyl groups excluding tert-OH is 1. The van der Waals surface area contributed by atoms with E-state index in [1.54, 1.807) is 0 Å². The lowest BCUT2D eigenvalue weighted by molar-refractivity contribution is -0.161. The quantitative estimate of drug-likeness (QED) is 0.0222. The topological polar surface area (TPSA) is 237 Å². The number of rotatable bonds is 85. The van der Waals surface area contributed by atoms with E-state index in [4.69, 9.17) is 37.0 Å². The van der Waals surface area contributed by atoms with Gasteiger partial charge in [0.15, 0.2) is 12.2 Å². The van der Waals surface area contributed by atoms with Gasteiger partial charge in [-0.05, 0) is 31.6 Å². The Morgan fingerprint density at radius 3 is 0.683 bits per heavy atom. The van der Waals surface area contributed by atoms with Crippen molar-refractivity contribution >= 4 is 39.5 Å². The van der Waals surface area contributed by atoms with Gasteiger partial charge >= 0.3 is 39.5 Å². The summed E-state index contributed by atoms with van der Waals surface area (Å²) in [4.78, 5) is 73.1. The van der Waals surface area contributed by atoms with Gasteiger partial charge in [-0.1, -0.05) is 407 Å². The van der Waals surface area contributed by atoms with Crippen LogP contribution in [-0.2, 0) is 65.4 Å². The summed E-state index contributed by atoms with van der Waals surface area (Å²) in [7, 11) is -9.92. The molecule has 104 heavy (non-hydrogen) atoms.